The van der Waals surface area contributed by atoms with Crippen LogP contribution in [0.4, 0.5) is 0 Å². The summed E-state index contributed by atoms with van der Waals surface area (Å²) in [5.74, 6) is 0.0545. The summed E-state index contributed by atoms with van der Waals surface area (Å²) in [4.78, 5) is 45.5. The molecular formula is C30H33N3O8S. The molecule has 6 rings (SSSR count). The number of aromatic nitrogens is 3. The Balaban J connectivity index is 1.52. The van der Waals surface area contributed by atoms with Crippen LogP contribution in [0.2, 0.25) is 0 Å². The van der Waals surface area contributed by atoms with Crippen LogP contribution in [0.25, 0.3) is 21.0 Å². The van der Waals surface area contributed by atoms with Crippen LogP contribution in [-0.4, -0.2) is 51.6 Å². The number of methoxy groups -OCH3 is 1. The maximum atomic E-state index is 14.3. The lowest BCUT2D eigenvalue weighted by atomic mass is 9.67. The van der Waals surface area contributed by atoms with Crippen LogP contribution in [0.3, 0.4) is 0 Å². The van der Waals surface area contributed by atoms with Gasteiger partial charge < -0.3 is 23.7 Å². The summed E-state index contributed by atoms with van der Waals surface area (Å²) < 4.78 is 26.3. The van der Waals surface area contributed by atoms with Crippen molar-refractivity contribution in [2.45, 2.75) is 64.3 Å². The average Bonchev–Trinajstić information content (AvgIpc) is 3.62. The molecule has 222 valence electrons. The van der Waals surface area contributed by atoms with E-state index in [0.29, 0.717) is 45.5 Å². The van der Waals surface area contributed by atoms with Gasteiger partial charge in [-0.1, -0.05) is 18.2 Å². The number of rotatable bonds is 9. The lowest BCUT2D eigenvalue weighted by Crippen LogP contribution is -2.51. The highest BCUT2D eigenvalue weighted by atomic mass is 32.1. The van der Waals surface area contributed by atoms with Crippen molar-refractivity contribution in [3.05, 3.63) is 68.7 Å². The summed E-state index contributed by atoms with van der Waals surface area (Å²) in [6.07, 6.45) is 4.16. The molecule has 0 radical (unpaired) electrons. The Hall–Kier alpha value is -3.74. The quantitative estimate of drug-likeness (QED) is 0.295. The lowest BCUT2D eigenvalue weighted by Gasteiger charge is -2.42. The number of hydrogen-bond donors (Lipinski definition) is 1. The first-order chi connectivity index (χ1) is 20.2. The highest BCUT2D eigenvalue weighted by Gasteiger charge is 2.48. The lowest BCUT2D eigenvalue weighted by molar-refractivity contribution is -0.155. The molecular weight excluding hydrogens is 562 g/mol. The molecule has 1 aliphatic carbocycles. The predicted octanol–water partition coefficient (Wildman–Crippen LogP) is 4.56. The predicted molar refractivity (Wildman–Crippen MR) is 155 cm³/mol. The molecule has 1 aromatic carbocycles. The van der Waals surface area contributed by atoms with Gasteiger partial charge in [-0.15, -0.1) is 11.3 Å². The van der Waals surface area contributed by atoms with Crippen LogP contribution in [0.15, 0.2) is 50.7 Å². The number of oxazole rings is 1. The number of thiophene rings is 1. The molecule has 42 heavy (non-hydrogen) atoms. The Labute approximate surface area is 245 Å². The third-order valence-electron chi connectivity index (χ3n) is 8.48. The van der Waals surface area contributed by atoms with Crippen molar-refractivity contribution >= 4 is 27.5 Å². The van der Waals surface area contributed by atoms with Crippen molar-refractivity contribution in [2.24, 2.45) is 5.41 Å². The molecule has 1 N–H and O–H groups in total. The second-order valence-electron chi connectivity index (χ2n) is 11.2. The SMILES string of the molecule is COc1ccccc1[C@H](Cn1c(=O)n([C@H]2C[C@@](C)(C(=O)O)C2)c(=O)c2c(C)c(-c3ncco3)sc21)OC1CCOCC1. The maximum Gasteiger partial charge on any atom is 0.332 e. The van der Waals surface area contributed by atoms with Gasteiger partial charge in [0.2, 0.25) is 5.89 Å². The molecule has 0 spiro atoms. The summed E-state index contributed by atoms with van der Waals surface area (Å²) in [5, 5.41) is 10.1. The number of ether oxygens (including phenoxy) is 3. The van der Waals surface area contributed by atoms with Gasteiger partial charge in [0, 0.05) is 24.8 Å². The van der Waals surface area contributed by atoms with Crippen molar-refractivity contribution in [2.75, 3.05) is 20.3 Å². The van der Waals surface area contributed by atoms with Crippen molar-refractivity contribution in [1.82, 2.24) is 14.1 Å². The highest BCUT2D eigenvalue weighted by Crippen LogP contribution is 2.48. The number of carboxylic acids is 1. The summed E-state index contributed by atoms with van der Waals surface area (Å²) in [5.41, 5.74) is -0.484. The fraction of sp³-hybridized carbons (Fsp3) is 0.467. The fourth-order valence-electron chi connectivity index (χ4n) is 6.08. The van der Waals surface area contributed by atoms with Crippen LogP contribution in [0.1, 0.15) is 55.9 Å². The molecule has 1 saturated carbocycles. The number of benzene rings is 1. The monoisotopic (exact) mass is 595 g/mol. The molecule has 2 fully saturated rings. The van der Waals surface area contributed by atoms with E-state index < -0.39 is 34.8 Å². The second kappa shape index (κ2) is 11.2. The zero-order chi connectivity index (χ0) is 29.6. The number of nitrogens with zero attached hydrogens (tertiary/aromatic N) is 3. The Kier molecular flexibility index (Phi) is 7.54. The Bertz CT molecular complexity index is 1730. The van der Waals surface area contributed by atoms with Gasteiger partial charge in [0.15, 0.2) is 0 Å². The zero-order valence-electron chi connectivity index (χ0n) is 23.7. The standard InChI is InChI=1S/C30H33N3O8S/c1-17-23-26(34)33(18-14-30(2,15-18)28(35)36)29(37)32(27(23)42-24(17)25-31-10-13-40-25)16-22(41-19-8-11-39-12-9-19)20-6-4-5-7-21(20)38-3/h4-7,10,13,18-19,22H,8-9,11-12,14-16H2,1-3H3,(H,35,36)/t18-,22-,30+/m0/s1. The largest absolute Gasteiger partial charge is 0.496 e. The first-order valence-corrected chi connectivity index (χ1v) is 14.8. The molecule has 12 heteroatoms. The maximum absolute atomic E-state index is 14.3. The molecule has 3 aromatic heterocycles. The van der Waals surface area contributed by atoms with E-state index in [1.807, 2.05) is 31.2 Å². The number of aliphatic carboxylic acids is 1. The topological polar surface area (TPSA) is 135 Å². The number of fused-ring (bicyclic) bond motifs is 1. The van der Waals surface area contributed by atoms with Crippen LogP contribution < -0.4 is 16.0 Å². The number of hydrogen-bond acceptors (Lipinski definition) is 9. The van der Waals surface area contributed by atoms with E-state index in [0.717, 1.165) is 18.4 Å². The molecule has 4 aromatic rings. The Morgan fingerprint density at radius 1 is 1.24 bits per heavy atom. The fourth-order valence-corrected chi connectivity index (χ4v) is 7.32. The normalized spacial score (nSPS) is 21.7. The number of carbonyl (C=O) groups is 1. The van der Waals surface area contributed by atoms with Gasteiger partial charge in [-0.05, 0) is 51.2 Å². The van der Waals surface area contributed by atoms with Gasteiger partial charge in [0.1, 0.15) is 22.9 Å². The molecule has 0 unspecified atom stereocenters. The number of carboxylic acid groups (broad SMARTS) is 1. The third kappa shape index (κ3) is 4.87. The molecule has 4 heterocycles. The van der Waals surface area contributed by atoms with Crippen LogP contribution in [0.5, 0.6) is 5.75 Å². The molecule has 1 saturated heterocycles. The Morgan fingerprint density at radius 3 is 2.64 bits per heavy atom. The smallest absolute Gasteiger partial charge is 0.332 e. The van der Waals surface area contributed by atoms with Crippen molar-refractivity contribution < 1.29 is 28.5 Å². The van der Waals surface area contributed by atoms with E-state index in [2.05, 4.69) is 4.98 Å². The molecule has 1 aliphatic heterocycles. The zero-order valence-corrected chi connectivity index (χ0v) is 24.5. The third-order valence-corrected chi connectivity index (χ3v) is 9.79. The number of para-hydroxylation sites is 1. The average molecular weight is 596 g/mol. The molecule has 0 bridgehead atoms. The summed E-state index contributed by atoms with van der Waals surface area (Å²) in [6, 6.07) is 7.01. The summed E-state index contributed by atoms with van der Waals surface area (Å²) in [6.45, 7) is 4.75. The minimum atomic E-state index is -0.991. The minimum absolute atomic E-state index is 0.0818. The van der Waals surface area contributed by atoms with Crippen LogP contribution >= 0.6 is 11.3 Å². The van der Waals surface area contributed by atoms with Gasteiger partial charge >= 0.3 is 11.7 Å². The van der Waals surface area contributed by atoms with Gasteiger partial charge in [-0.2, -0.15) is 0 Å². The van der Waals surface area contributed by atoms with Crippen molar-refractivity contribution in [3.63, 3.8) is 0 Å². The number of aryl methyl sites for hydroxylation is 1. The van der Waals surface area contributed by atoms with E-state index >= 15 is 0 Å². The van der Waals surface area contributed by atoms with Gasteiger partial charge in [-0.25, -0.2) is 9.78 Å². The molecule has 2 aliphatic rings. The van der Waals surface area contributed by atoms with E-state index in [1.165, 1.54) is 28.4 Å². The second-order valence-corrected chi connectivity index (χ2v) is 12.2. The van der Waals surface area contributed by atoms with Crippen molar-refractivity contribution in [3.8, 4) is 16.5 Å². The van der Waals surface area contributed by atoms with E-state index in [9.17, 15) is 19.5 Å². The Morgan fingerprint density at radius 2 is 1.98 bits per heavy atom. The van der Waals surface area contributed by atoms with Crippen molar-refractivity contribution in [1.29, 1.82) is 0 Å². The van der Waals surface area contributed by atoms with Gasteiger partial charge in [0.05, 0.1) is 41.6 Å². The molecule has 1 atom stereocenters. The van der Waals surface area contributed by atoms with E-state index in [1.54, 1.807) is 18.6 Å². The summed E-state index contributed by atoms with van der Waals surface area (Å²) >= 11 is 1.27. The highest BCUT2D eigenvalue weighted by molar-refractivity contribution is 7.22. The van der Waals surface area contributed by atoms with E-state index in [4.69, 9.17) is 18.6 Å². The van der Waals surface area contributed by atoms with E-state index in [-0.39, 0.29) is 25.5 Å². The minimum Gasteiger partial charge on any atom is -0.496 e. The molecule has 11 nitrogen and oxygen atoms in total. The first kappa shape index (κ1) is 28.4. The van der Waals surface area contributed by atoms with Crippen LogP contribution in [0, 0.1) is 12.3 Å². The van der Waals surface area contributed by atoms with Gasteiger partial charge in [-0.3, -0.25) is 18.7 Å². The summed E-state index contributed by atoms with van der Waals surface area (Å²) in [7, 11) is 1.59. The first-order valence-electron chi connectivity index (χ1n) is 14.0. The molecule has 0 amide bonds. The van der Waals surface area contributed by atoms with Gasteiger partial charge in [0.25, 0.3) is 5.56 Å². The van der Waals surface area contributed by atoms with Crippen LogP contribution in [-0.2, 0) is 20.8 Å².